The molecule has 0 saturated carbocycles. The van der Waals surface area contributed by atoms with Crippen LogP contribution in [0.15, 0.2) is 30.5 Å². The first-order valence-electron chi connectivity index (χ1n) is 12.0. The first-order chi connectivity index (χ1) is 17.3. The van der Waals surface area contributed by atoms with Gasteiger partial charge < -0.3 is 31.4 Å². The van der Waals surface area contributed by atoms with Gasteiger partial charge >= 0.3 is 5.97 Å². The number of carbonyl (C=O) groups is 4. The topological polar surface area (TPSA) is 155 Å². The van der Waals surface area contributed by atoms with Crippen molar-refractivity contribution in [2.24, 2.45) is 5.73 Å². The van der Waals surface area contributed by atoms with Gasteiger partial charge in [0.2, 0.25) is 17.7 Å². The van der Waals surface area contributed by atoms with Crippen molar-refractivity contribution >= 4 is 46.4 Å². The summed E-state index contributed by atoms with van der Waals surface area (Å²) in [6, 6.07) is 5.09. The maximum Gasteiger partial charge on any atom is 0.328 e. The van der Waals surface area contributed by atoms with Crippen LogP contribution in [0.4, 0.5) is 0 Å². The van der Waals surface area contributed by atoms with E-state index in [0.717, 1.165) is 16.5 Å². The Hall–Kier alpha value is -3.05. The fourth-order valence-electron chi connectivity index (χ4n) is 3.91. The van der Waals surface area contributed by atoms with Gasteiger partial charge in [0.25, 0.3) is 0 Å². The van der Waals surface area contributed by atoms with E-state index in [4.69, 9.17) is 10.5 Å². The third kappa shape index (κ3) is 8.87. The highest BCUT2D eigenvalue weighted by molar-refractivity contribution is 7.98. The predicted octanol–water partition coefficient (Wildman–Crippen LogP) is 1.24. The van der Waals surface area contributed by atoms with Gasteiger partial charge in [-0.1, -0.05) is 18.2 Å². The van der Waals surface area contributed by atoms with Gasteiger partial charge in [-0.3, -0.25) is 14.4 Å². The van der Waals surface area contributed by atoms with Crippen LogP contribution in [-0.2, 0) is 30.3 Å². The Morgan fingerprint density at radius 2 is 1.69 bits per heavy atom. The molecule has 0 saturated heterocycles. The number of hydrogen-bond acceptors (Lipinski definition) is 7. The average molecular weight is 520 g/mol. The van der Waals surface area contributed by atoms with Crippen LogP contribution in [0.2, 0.25) is 0 Å². The molecule has 1 aromatic carbocycles. The quantitative estimate of drug-likeness (QED) is 0.175. The summed E-state index contributed by atoms with van der Waals surface area (Å²) >= 11 is 1.53. The van der Waals surface area contributed by atoms with Crippen LogP contribution in [0.5, 0.6) is 0 Å². The molecule has 36 heavy (non-hydrogen) atoms. The Kier molecular flexibility index (Phi) is 12.3. The number of H-pyrrole nitrogens is 1. The average Bonchev–Trinajstić information content (AvgIpc) is 3.27. The van der Waals surface area contributed by atoms with Crippen LogP contribution in [0, 0.1) is 0 Å². The molecule has 0 aliphatic heterocycles. The fraction of sp³-hybridized carbons (Fsp3) is 0.520. The second-order valence-corrected chi connectivity index (χ2v) is 9.51. The lowest BCUT2D eigenvalue weighted by molar-refractivity contribution is -0.145. The number of amides is 3. The number of ether oxygens (including phenoxy) is 1. The standard InChI is InChI=1S/C25H37N5O5S/c1-16(31)28-22(14-17-15-27-19-9-5-4-8-18(17)19)24(33)29-20(11-13-36-3)23(32)30-21(25(34)35-2)10-6-7-12-26/h4-5,8-9,15,20-22,27H,6-7,10-14,26H2,1-3H3,(H,28,31)(H,29,33)(H,30,32)/t20-,21?,22+/m0/s1. The SMILES string of the molecule is COC(=O)C(CCCCN)NC(=O)[C@H](CCSC)NC(=O)[C@@H](Cc1c[nH]c2ccccc12)NC(C)=O. The number of fused-ring (bicyclic) bond motifs is 1. The summed E-state index contributed by atoms with van der Waals surface area (Å²) in [4.78, 5) is 53.7. The molecular weight excluding hydrogens is 482 g/mol. The van der Waals surface area contributed by atoms with E-state index in [-0.39, 0.29) is 12.3 Å². The Morgan fingerprint density at radius 3 is 2.36 bits per heavy atom. The van der Waals surface area contributed by atoms with Crippen molar-refractivity contribution in [2.75, 3.05) is 25.7 Å². The van der Waals surface area contributed by atoms with E-state index in [0.29, 0.717) is 38.0 Å². The first kappa shape index (κ1) is 29.2. The fourth-order valence-corrected chi connectivity index (χ4v) is 4.38. The van der Waals surface area contributed by atoms with Crippen molar-refractivity contribution in [3.63, 3.8) is 0 Å². The van der Waals surface area contributed by atoms with Crippen LogP contribution >= 0.6 is 11.8 Å². The molecule has 1 aromatic heterocycles. The second-order valence-electron chi connectivity index (χ2n) is 8.53. The summed E-state index contributed by atoms with van der Waals surface area (Å²) < 4.78 is 4.83. The van der Waals surface area contributed by atoms with Crippen molar-refractivity contribution in [3.8, 4) is 0 Å². The lowest BCUT2D eigenvalue weighted by atomic mass is 10.0. The number of rotatable bonds is 15. The minimum absolute atomic E-state index is 0.246. The monoisotopic (exact) mass is 519 g/mol. The molecule has 1 heterocycles. The molecule has 0 radical (unpaired) electrons. The number of thioether (sulfide) groups is 1. The third-order valence-electron chi connectivity index (χ3n) is 5.79. The highest BCUT2D eigenvalue weighted by Gasteiger charge is 2.29. The molecule has 3 atom stereocenters. The molecular formula is C25H37N5O5S. The van der Waals surface area contributed by atoms with Crippen LogP contribution in [0.1, 0.15) is 38.2 Å². The molecule has 11 heteroatoms. The van der Waals surface area contributed by atoms with Gasteiger partial charge in [0.05, 0.1) is 7.11 Å². The summed E-state index contributed by atoms with van der Waals surface area (Å²) in [5, 5.41) is 9.16. The molecule has 0 spiro atoms. The van der Waals surface area contributed by atoms with E-state index in [1.54, 1.807) is 0 Å². The minimum Gasteiger partial charge on any atom is -0.467 e. The van der Waals surface area contributed by atoms with Crippen LogP contribution in [0.25, 0.3) is 10.9 Å². The first-order valence-corrected chi connectivity index (χ1v) is 13.4. The lowest BCUT2D eigenvalue weighted by Gasteiger charge is -2.24. The molecule has 0 aliphatic carbocycles. The Balaban J connectivity index is 2.17. The largest absolute Gasteiger partial charge is 0.467 e. The third-order valence-corrected chi connectivity index (χ3v) is 6.43. The molecule has 198 valence electrons. The normalized spacial score (nSPS) is 13.4. The van der Waals surface area contributed by atoms with Crippen molar-refractivity contribution in [2.45, 2.75) is 57.2 Å². The highest BCUT2D eigenvalue weighted by atomic mass is 32.2. The van der Waals surface area contributed by atoms with E-state index in [9.17, 15) is 19.2 Å². The molecule has 3 amide bonds. The zero-order chi connectivity index (χ0) is 26.5. The molecule has 1 unspecified atom stereocenters. The number of nitrogens with one attached hydrogen (secondary N) is 4. The van der Waals surface area contributed by atoms with Gasteiger partial charge in [-0.05, 0) is 55.9 Å². The summed E-state index contributed by atoms with van der Waals surface area (Å²) in [5.74, 6) is -1.25. The molecule has 10 nitrogen and oxygen atoms in total. The van der Waals surface area contributed by atoms with Gasteiger partial charge in [0, 0.05) is 30.4 Å². The zero-order valence-electron chi connectivity index (χ0n) is 21.1. The van der Waals surface area contributed by atoms with Gasteiger partial charge in [0.15, 0.2) is 0 Å². The van der Waals surface area contributed by atoms with Gasteiger partial charge in [-0.2, -0.15) is 11.8 Å². The van der Waals surface area contributed by atoms with Crippen molar-refractivity contribution in [1.29, 1.82) is 0 Å². The van der Waals surface area contributed by atoms with E-state index >= 15 is 0 Å². The van der Waals surface area contributed by atoms with E-state index in [1.807, 2.05) is 36.7 Å². The Morgan fingerprint density at radius 1 is 1.00 bits per heavy atom. The highest BCUT2D eigenvalue weighted by Crippen LogP contribution is 2.19. The summed E-state index contributed by atoms with van der Waals surface area (Å²) in [5.41, 5.74) is 7.34. The van der Waals surface area contributed by atoms with Gasteiger partial charge in [0.1, 0.15) is 18.1 Å². The van der Waals surface area contributed by atoms with Crippen LogP contribution in [-0.4, -0.2) is 72.5 Å². The van der Waals surface area contributed by atoms with Crippen molar-refractivity contribution in [1.82, 2.24) is 20.9 Å². The Labute approximate surface area is 215 Å². The molecule has 0 bridgehead atoms. The predicted molar refractivity (Wildman–Crippen MR) is 141 cm³/mol. The van der Waals surface area contributed by atoms with Crippen molar-refractivity contribution < 1.29 is 23.9 Å². The number of aromatic amines is 1. The van der Waals surface area contributed by atoms with Gasteiger partial charge in [-0.25, -0.2) is 4.79 Å². The molecule has 0 fully saturated rings. The van der Waals surface area contributed by atoms with Crippen LogP contribution < -0.4 is 21.7 Å². The van der Waals surface area contributed by atoms with E-state index < -0.39 is 35.9 Å². The maximum atomic E-state index is 13.3. The van der Waals surface area contributed by atoms with Crippen LogP contribution in [0.3, 0.4) is 0 Å². The van der Waals surface area contributed by atoms with E-state index in [1.165, 1.54) is 25.8 Å². The molecule has 0 aliphatic rings. The maximum absolute atomic E-state index is 13.3. The number of para-hydroxylation sites is 1. The number of esters is 1. The molecule has 2 aromatic rings. The zero-order valence-corrected chi connectivity index (χ0v) is 21.9. The number of carbonyl (C=O) groups excluding carboxylic acids is 4. The lowest BCUT2D eigenvalue weighted by Crippen LogP contribution is -2.56. The number of aromatic nitrogens is 1. The minimum atomic E-state index is -0.883. The number of unbranched alkanes of at least 4 members (excludes halogenated alkanes) is 1. The molecule has 6 N–H and O–H groups in total. The summed E-state index contributed by atoms with van der Waals surface area (Å²) in [7, 11) is 1.26. The number of benzene rings is 1. The molecule has 2 rings (SSSR count). The van der Waals surface area contributed by atoms with Gasteiger partial charge in [-0.15, -0.1) is 0 Å². The smallest absolute Gasteiger partial charge is 0.328 e. The van der Waals surface area contributed by atoms with E-state index in [2.05, 4.69) is 20.9 Å². The number of nitrogens with two attached hydrogens (primary N) is 1. The number of hydrogen-bond donors (Lipinski definition) is 5. The van der Waals surface area contributed by atoms with Crippen molar-refractivity contribution in [3.05, 3.63) is 36.0 Å². The summed E-state index contributed by atoms with van der Waals surface area (Å²) in [6.45, 7) is 1.82. The summed E-state index contributed by atoms with van der Waals surface area (Å²) in [6.07, 6.45) is 6.06. The Bertz CT molecular complexity index is 1030. The second kappa shape index (κ2) is 15.1. The number of methoxy groups -OCH3 is 1.